The van der Waals surface area contributed by atoms with Crippen LogP contribution in [0.1, 0.15) is 43.4 Å². The molecule has 1 aromatic rings. The minimum Gasteiger partial charge on any atom is -0.497 e. The number of carbonyl (C=O) groups excluding carboxylic acids is 2. The Bertz CT molecular complexity index is 577. The van der Waals surface area contributed by atoms with Gasteiger partial charge in [-0.05, 0) is 36.5 Å². The summed E-state index contributed by atoms with van der Waals surface area (Å²) in [4.78, 5) is 24.9. The first-order valence-corrected chi connectivity index (χ1v) is 9.94. The summed E-state index contributed by atoms with van der Waals surface area (Å²) in [7, 11) is 6.65. The highest BCUT2D eigenvalue weighted by Crippen LogP contribution is 2.36. The summed E-state index contributed by atoms with van der Waals surface area (Å²) in [6.07, 6.45) is 2.86. The van der Waals surface area contributed by atoms with Crippen LogP contribution in [0.3, 0.4) is 0 Å². The smallest absolute Gasteiger partial charge is 0.306 e. The number of benzene rings is 1. The van der Waals surface area contributed by atoms with Gasteiger partial charge in [0.05, 0.1) is 20.6 Å². The van der Waals surface area contributed by atoms with Crippen LogP contribution >= 0.6 is 11.8 Å². The van der Waals surface area contributed by atoms with E-state index in [1.54, 1.807) is 37.9 Å². The van der Waals surface area contributed by atoms with Crippen LogP contribution in [-0.4, -0.2) is 50.8 Å². The molecule has 2 unspecified atom stereocenters. The van der Waals surface area contributed by atoms with Crippen molar-refractivity contribution in [3.05, 3.63) is 29.8 Å². The van der Waals surface area contributed by atoms with Crippen LogP contribution in [0.5, 0.6) is 5.75 Å². The first-order chi connectivity index (χ1) is 12.4. The molecule has 5 nitrogen and oxygen atoms in total. The Balaban J connectivity index is 2.70. The Labute approximate surface area is 161 Å². The van der Waals surface area contributed by atoms with Crippen LogP contribution in [-0.2, 0) is 14.3 Å². The fourth-order valence-electron chi connectivity index (χ4n) is 2.59. The Morgan fingerprint density at radius 2 is 1.92 bits per heavy atom. The van der Waals surface area contributed by atoms with Crippen molar-refractivity contribution in [2.75, 3.05) is 34.1 Å². The third-order valence-electron chi connectivity index (χ3n) is 4.26. The third kappa shape index (κ3) is 8.13. The number of thioether (sulfide) groups is 1. The van der Waals surface area contributed by atoms with Gasteiger partial charge in [-0.3, -0.25) is 9.59 Å². The number of methoxy groups -OCH3 is 2. The fraction of sp³-hybridized carbons (Fsp3) is 0.600. The average Bonchev–Trinajstić information content (AvgIpc) is 2.63. The quantitative estimate of drug-likeness (QED) is 0.544. The molecule has 0 aliphatic rings. The molecule has 0 saturated heterocycles. The van der Waals surface area contributed by atoms with Gasteiger partial charge in [0.25, 0.3) is 0 Å². The summed E-state index contributed by atoms with van der Waals surface area (Å²) in [6.45, 7) is 2.11. The zero-order valence-corrected chi connectivity index (χ0v) is 17.3. The lowest BCUT2D eigenvalue weighted by Crippen LogP contribution is -2.23. The fourth-order valence-corrected chi connectivity index (χ4v) is 3.80. The van der Waals surface area contributed by atoms with Gasteiger partial charge < -0.3 is 14.4 Å². The maximum atomic E-state index is 11.9. The second-order valence-electron chi connectivity index (χ2n) is 6.64. The van der Waals surface area contributed by atoms with Gasteiger partial charge in [0.1, 0.15) is 5.75 Å². The second-order valence-corrected chi connectivity index (χ2v) is 7.95. The van der Waals surface area contributed by atoms with E-state index in [0.29, 0.717) is 24.5 Å². The molecule has 0 aromatic heterocycles. The third-order valence-corrected chi connectivity index (χ3v) is 5.61. The minimum atomic E-state index is -0.188. The van der Waals surface area contributed by atoms with E-state index in [0.717, 1.165) is 18.6 Å². The van der Waals surface area contributed by atoms with E-state index in [1.807, 2.05) is 18.2 Å². The lowest BCUT2D eigenvalue weighted by Gasteiger charge is -2.20. The molecule has 146 valence electrons. The van der Waals surface area contributed by atoms with E-state index < -0.39 is 0 Å². The number of rotatable bonds is 11. The van der Waals surface area contributed by atoms with E-state index in [2.05, 4.69) is 13.0 Å². The molecule has 26 heavy (non-hydrogen) atoms. The molecule has 0 heterocycles. The van der Waals surface area contributed by atoms with Crippen molar-refractivity contribution in [1.29, 1.82) is 0 Å². The molecule has 1 rings (SSSR count). The second kappa shape index (κ2) is 11.8. The number of nitrogens with zero attached hydrogens (tertiary/aromatic N) is 1. The molecule has 0 bridgehead atoms. The first-order valence-electron chi connectivity index (χ1n) is 8.89. The van der Waals surface area contributed by atoms with Crippen molar-refractivity contribution < 1.29 is 19.1 Å². The van der Waals surface area contributed by atoms with E-state index in [4.69, 9.17) is 9.47 Å². The molecule has 0 spiro atoms. The van der Waals surface area contributed by atoms with Crippen LogP contribution in [0.2, 0.25) is 0 Å². The van der Waals surface area contributed by atoms with Crippen LogP contribution in [0.25, 0.3) is 0 Å². The molecule has 2 atom stereocenters. The SMILES string of the molecule is COC(=O)CCSC(CCC(C)CC(=O)N(C)C)c1cccc(OC)c1. The average molecular weight is 382 g/mol. The van der Waals surface area contributed by atoms with Gasteiger partial charge in [-0.1, -0.05) is 19.1 Å². The van der Waals surface area contributed by atoms with Crippen molar-refractivity contribution in [3.63, 3.8) is 0 Å². The highest BCUT2D eigenvalue weighted by molar-refractivity contribution is 7.99. The van der Waals surface area contributed by atoms with Gasteiger partial charge in [-0.2, -0.15) is 11.8 Å². The Hall–Kier alpha value is -1.69. The molecule has 0 aliphatic heterocycles. The number of ether oxygens (including phenoxy) is 2. The van der Waals surface area contributed by atoms with Gasteiger partial charge in [-0.15, -0.1) is 0 Å². The highest BCUT2D eigenvalue weighted by atomic mass is 32.2. The number of hydrogen-bond acceptors (Lipinski definition) is 5. The Morgan fingerprint density at radius 3 is 2.54 bits per heavy atom. The summed E-state index contributed by atoms with van der Waals surface area (Å²) >= 11 is 1.75. The molecule has 0 radical (unpaired) electrons. The van der Waals surface area contributed by atoms with Crippen molar-refractivity contribution in [2.24, 2.45) is 5.92 Å². The molecular weight excluding hydrogens is 350 g/mol. The van der Waals surface area contributed by atoms with Gasteiger partial charge in [0.2, 0.25) is 5.91 Å². The van der Waals surface area contributed by atoms with Crippen molar-refractivity contribution in [3.8, 4) is 5.75 Å². The largest absolute Gasteiger partial charge is 0.497 e. The zero-order chi connectivity index (χ0) is 19.5. The standard InChI is InChI=1S/C20H31NO4S/c1-15(13-19(22)21(2)3)9-10-18(26-12-11-20(23)25-5)16-7-6-8-17(14-16)24-4/h6-8,14-15,18H,9-13H2,1-5H3. The molecule has 6 heteroatoms. The van der Waals surface area contributed by atoms with Crippen LogP contribution in [0.4, 0.5) is 0 Å². The predicted molar refractivity (Wildman–Crippen MR) is 107 cm³/mol. The Morgan fingerprint density at radius 1 is 1.19 bits per heavy atom. The summed E-state index contributed by atoms with van der Waals surface area (Å²) in [5.41, 5.74) is 1.19. The highest BCUT2D eigenvalue weighted by Gasteiger charge is 2.17. The topological polar surface area (TPSA) is 55.8 Å². The molecule has 1 amide bonds. The molecule has 1 aromatic carbocycles. The maximum absolute atomic E-state index is 11.9. The number of carbonyl (C=O) groups is 2. The molecule has 0 saturated carbocycles. The summed E-state index contributed by atoms with van der Waals surface area (Å²) in [5.74, 6) is 1.83. The van der Waals surface area contributed by atoms with E-state index in [9.17, 15) is 9.59 Å². The van der Waals surface area contributed by atoms with Gasteiger partial charge >= 0.3 is 5.97 Å². The van der Waals surface area contributed by atoms with Crippen molar-refractivity contribution in [2.45, 2.75) is 37.9 Å². The summed E-state index contributed by atoms with van der Waals surface area (Å²) in [6, 6.07) is 8.05. The lowest BCUT2D eigenvalue weighted by molar-refractivity contribution is -0.140. The van der Waals surface area contributed by atoms with Crippen LogP contribution in [0.15, 0.2) is 24.3 Å². The first kappa shape index (κ1) is 22.4. The number of hydrogen-bond donors (Lipinski definition) is 0. The van der Waals surface area contributed by atoms with Crippen LogP contribution in [0, 0.1) is 5.92 Å². The summed E-state index contributed by atoms with van der Waals surface area (Å²) < 4.78 is 10.1. The molecule has 0 N–H and O–H groups in total. The van der Waals surface area contributed by atoms with Gasteiger partial charge in [0, 0.05) is 31.5 Å². The Kier molecular flexibility index (Phi) is 10.2. The van der Waals surface area contributed by atoms with E-state index in [1.165, 1.54) is 12.7 Å². The molecular formula is C20H31NO4S. The maximum Gasteiger partial charge on any atom is 0.306 e. The van der Waals surface area contributed by atoms with Gasteiger partial charge in [0.15, 0.2) is 0 Å². The lowest BCUT2D eigenvalue weighted by atomic mass is 9.97. The molecule has 0 fully saturated rings. The summed E-state index contributed by atoms with van der Waals surface area (Å²) in [5, 5.41) is 0.256. The number of amides is 1. The van der Waals surface area contributed by atoms with Crippen molar-refractivity contribution >= 4 is 23.6 Å². The molecule has 0 aliphatic carbocycles. The predicted octanol–water partition coefficient (Wildman–Crippen LogP) is 3.93. The normalized spacial score (nSPS) is 13.0. The monoisotopic (exact) mass is 381 g/mol. The number of esters is 1. The van der Waals surface area contributed by atoms with Gasteiger partial charge in [-0.25, -0.2) is 0 Å². The van der Waals surface area contributed by atoms with E-state index in [-0.39, 0.29) is 17.1 Å². The van der Waals surface area contributed by atoms with Crippen molar-refractivity contribution in [1.82, 2.24) is 4.90 Å². The zero-order valence-electron chi connectivity index (χ0n) is 16.5. The van der Waals surface area contributed by atoms with Crippen LogP contribution < -0.4 is 4.74 Å². The van der Waals surface area contributed by atoms with E-state index >= 15 is 0 Å². The minimum absolute atomic E-state index is 0.161.